The van der Waals surface area contributed by atoms with Gasteiger partial charge in [-0.25, -0.2) is 9.80 Å². The first-order valence-corrected chi connectivity index (χ1v) is 8.87. The number of carbonyl (C=O) groups is 2. The molecule has 136 valence electrons. The van der Waals surface area contributed by atoms with Gasteiger partial charge < -0.3 is 9.88 Å². The van der Waals surface area contributed by atoms with Gasteiger partial charge in [0.25, 0.3) is 5.91 Å². The van der Waals surface area contributed by atoms with Gasteiger partial charge in [0.2, 0.25) is 5.91 Å². The molecule has 8 heteroatoms. The van der Waals surface area contributed by atoms with Crippen molar-refractivity contribution in [2.24, 2.45) is 5.10 Å². The van der Waals surface area contributed by atoms with Crippen LogP contribution in [0.15, 0.2) is 34.2 Å². The summed E-state index contributed by atoms with van der Waals surface area (Å²) >= 11 is 0. The molecule has 2 aliphatic heterocycles. The Hall–Kier alpha value is -2.90. The van der Waals surface area contributed by atoms with E-state index in [1.807, 2.05) is 28.8 Å². The maximum absolute atomic E-state index is 12.7. The number of hydrazone groups is 1. The molecule has 0 atom stereocenters. The molecule has 2 amide bonds. The third-order valence-electron chi connectivity index (χ3n) is 5.20. The predicted octanol–water partition coefficient (Wildman–Crippen LogP) is 1.10. The third-order valence-corrected chi connectivity index (χ3v) is 5.20. The number of amides is 2. The number of aromatic nitrogens is 2. The normalized spacial score (nSPS) is 19.1. The van der Waals surface area contributed by atoms with Crippen LogP contribution < -0.4 is 5.69 Å². The molecule has 1 aromatic heterocycles. The third kappa shape index (κ3) is 2.81. The summed E-state index contributed by atoms with van der Waals surface area (Å²) in [5.41, 5.74) is 2.07. The Morgan fingerprint density at radius 3 is 2.62 bits per heavy atom. The number of likely N-dealkylation sites (tertiary alicyclic amines) is 1. The van der Waals surface area contributed by atoms with Gasteiger partial charge in [-0.15, -0.1) is 0 Å². The SMILES string of the molecule is CN1N=C(C(=O)N2CCC(n3c(=O)[nH]c4ccccc43)CC2)CCC1=O. The van der Waals surface area contributed by atoms with Crippen molar-refractivity contribution in [1.82, 2.24) is 19.5 Å². The first kappa shape index (κ1) is 16.6. The molecule has 3 heterocycles. The minimum atomic E-state index is -0.104. The number of H-pyrrole nitrogens is 1. The highest BCUT2D eigenvalue weighted by Crippen LogP contribution is 2.25. The lowest BCUT2D eigenvalue weighted by molar-refractivity contribution is -0.130. The fourth-order valence-electron chi connectivity index (χ4n) is 3.77. The second-order valence-electron chi connectivity index (χ2n) is 6.80. The number of imidazole rings is 1. The first-order chi connectivity index (χ1) is 12.5. The number of carbonyl (C=O) groups excluding carboxylic acids is 2. The fourth-order valence-corrected chi connectivity index (χ4v) is 3.77. The Kier molecular flexibility index (Phi) is 4.10. The number of nitrogens with zero attached hydrogens (tertiary/aromatic N) is 4. The Bertz CT molecular complexity index is 949. The van der Waals surface area contributed by atoms with Crippen molar-refractivity contribution >= 4 is 28.6 Å². The minimum Gasteiger partial charge on any atom is -0.337 e. The topological polar surface area (TPSA) is 90.8 Å². The second kappa shape index (κ2) is 6.44. The van der Waals surface area contributed by atoms with E-state index in [1.54, 1.807) is 11.9 Å². The van der Waals surface area contributed by atoms with E-state index >= 15 is 0 Å². The van der Waals surface area contributed by atoms with E-state index < -0.39 is 0 Å². The number of benzene rings is 1. The molecular formula is C18H21N5O3. The van der Waals surface area contributed by atoms with Crippen LogP contribution in [0.1, 0.15) is 31.7 Å². The summed E-state index contributed by atoms with van der Waals surface area (Å²) in [6, 6.07) is 7.72. The monoisotopic (exact) mass is 355 g/mol. The molecule has 0 saturated carbocycles. The smallest absolute Gasteiger partial charge is 0.326 e. The van der Waals surface area contributed by atoms with Crippen LogP contribution in [-0.2, 0) is 9.59 Å². The Morgan fingerprint density at radius 1 is 1.15 bits per heavy atom. The highest BCUT2D eigenvalue weighted by molar-refractivity contribution is 6.39. The van der Waals surface area contributed by atoms with Gasteiger partial charge in [0.15, 0.2) is 0 Å². The number of aromatic amines is 1. The van der Waals surface area contributed by atoms with Gasteiger partial charge in [0.05, 0.1) is 11.0 Å². The molecular weight excluding hydrogens is 334 g/mol. The Balaban J connectivity index is 1.48. The van der Waals surface area contributed by atoms with E-state index in [1.165, 1.54) is 5.01 Å². The molecule has 26 heavy (non-hydrogen) atoms. The molecule has 0 aliphatic carbocycles. The van der Waals surface area contributed by atoms with Gasteiger partial charge in [0, 0.05) is 39.0 Å². The number of para-hydroxylation sites is 2. The van der Waals surface area contributed by atoms with Crippen LogP contribution in [0.5, 0.6) is 0 Å². The average Bonchev–Trinajstić information content (AvgIpc) is 2.99. The minimum absolute atomic E-state index is 0.0697. The number of piperidine rings is 1. The molecule has 0 unspecified atom stereocenters. The lowest BCUT2D eigenvalue weighted by atomic mass is 10.0. The summed E-state index contributed by atoms with van der Waals surface area (Å²) in [5.74, 6) is -0.173. The van der Waals surface area contributed by atoms with Crippen molar-refractivity contribution in [3.63, 3.8) is 0 Å². The van der Waals surface area contributed by atoms with Crippen molar-refractivity contribution in [3.8, 4) is 0 Å². The molecule has 1 fully saturated rings. The van der Waals surface area contributed by atoms with Crippen LogP contribution in [0, 0.1) is 0 Å². The molecule has 1 N–H and O–H groups in total. The maximum atomic E-state index is 12.7. The molecule has 0 spiro atoms. The van der Waals surface area contributed by atoms with E-state index in [0.717, 1.165) is 23.9 Å². The van der Waals surface area contributed by atoms with Crippen molar-refractivity contribution in [1.29, 1.82) is 0 Å². The summed E-state index contributed by atoms with van der Waals surface area (Å²) in [6.07, 6.45) is 2.15. The van der Waals surface area contributed by atoms with Crippen molar-refractivity contribution < 1.29 is 9.59 Å². The molecule has 1 saturated heterocycles. The molecule has 0 radical (unpaired) electrons. The number of fused-ring (bicyclic) bond motifs is 1. The predicted molar refractivity (Wildman–Crippen MR) is 96.8 cm³/mol. The summed E-state index contributed by atoms with van der Waals surface area (Å²) in [4.78, 5) is 41.2. The molecule has 0 bridgehead atoms. The fraction of sp³-hybridized carbons (Fsp3) is 0.444. The standard InChI is InChI=1S/C18H21N5O3/c1-21-16(24)7-6-14(20-21)17(25)22-10-8-12(9-11-22)23-15-5-3-2-4-13(15)19-18(23)26/h2-5,12H,6-11H2,1H3,(H,19,26). The maximum Gasteiger partial charge on any atom is 0.326 e. The van der Waals surface area contributed by atoms with E-state index in [9.17, 15) is 14.4 Å². The van der Waals surface area contributed by atoms with Crippen molar-refractivity contribution in [2.75, 3.05) is 20.1 Å². The van der Waals surface area contributed by atoms with Gasteiger partial charge in [0.1, 0.15) is 5.71 Å². The number of nitrogens with one attached hydrogen (secondary N) is 1. The van der Waals surface area contributed by atoms with E-state index in [2.05, 4.69) is 10.1 Å². The lowest BCUT2D eigenvalue weighted by Gasteiger charge is -2.33. The molecule has 1 aromatic carbocycles. The van der Waals surface area contributed by atoms with Gasteiger partial charge in [-0.3, -0.25) is 14.2 Å². The van der Waals surface area contributed by atoms with Crippen LogP contribution in [0.4, 0.5) is 0 Å². The number of rotatable bonds is 2. The van der Waals surface area contributed by atoms with E-state index in [0.29, 0.717) is 31.6 Å². The van der Waals surface area contributed by atoms with E-state index in [4.69, 9.17) is 0 Å². The Labute approximate surface area is 150 Å². The largest absolute Gasteiger partial charge is 0.337 e. The number of hydrogen-bond acceptors (Lipinski definition) is 4. The van der Waals surface area contributed by atoms with Crippen LogP contribution >= 0.6 is 0 Å². The van der Waals surface area contributed by atoms with Gasteiger partial charge >= 0.3 is 5.69 Å². The molecule has 2 aromatic rings. The van der Waals surface area contributed by atoms with Crippen molar-refractivity contribution in [3.05, 3.63) is 34.7 Å². The zero-order chi connectivity index (χ0) is 18.3. The zero-order valence-corrected chi connectivity index (χ0v) is 14.6. The van der Waals surface area contributed by atoms with Crippen LogP contribution in [0.2, 0.25) is 0 Å². The highest BCUT2D eigenvalue weighted by Gasteiger charge is 2.30. The highest BCUT2D eigenvalue weighted by atomic mass is 16.2. The molecule has 2 aliphatic rings. The Morgan fingerprint density at radius 2 is 1.88 bits per heavy atom. The quantitative estimate of drug-likeness (QED) is 0.875. The zero-order valence-electron chi connectivity index (χ0n) is 14.6. The second-order valence-corrected chi connectivity index (χ2v) is 6.80. The summed E-state index contributed by atoms with van der Waals surface area (Å²) < 4.78 is 1.81. The summed E-state index contributed by atoms with van der Waals surface area (Å²) in [5, 5.41) is 5.36. The number of hydrogen-bond donors (Lipinski definition) is 1. The first-order valence-electron chi connectivity index (χ1n) is 8.87. The molecule has 4 rings (SSSR count). The van der Waals surface area contributed by atoms with Crippen LogP contribution in [-0.4, -0.2) is 57.1 Å². The van der Waals surface area contributed by atoms with Crippen molar-refractivity contribution in [2.45, 2.75) is 31.7 Å². The van der Waals surface area contributed by atoms with Gasteiger partial charge in [-0.1, -0.05) is 12.1 Å². The summed E-state index contributed by atoms with van der Waals surface area (Å²) in [7, 11) is 1.57. The van der Waals surface area contributed by atoms with E-state index in [-0.39, 0.29) is 23.5 Å². The molecule has 8 nitrogen and oxygen atoms in total. The van der Waals surface area contributed by atoms with Crippen LogP contribution in [0.3, 0.4) is 0 Å². The summed E-state index contributed by atoms with van der Waals surface area (Å²) in [6.45, 7) is 1.15. The lowest BCUT2D eigenvalue weighted by Crippen LogP contribution is -2.45. The van der Waals surface area contributed by atoms with Gasteiger partial charge in [-0.05, 0) is 25.0 Å². The van der Waals surface area contributed by atoms with Gasteiger partial charge in [-0.2, -0.15) is 5.10 Å². The average molecular weight is 355 g/mol. The van der Waals surface area contributed by atoms with Crippen LogP contribution in [0.25, 0.3) is 11.0 Å².